The van der Waals surface area contributed by atoms with Gasteiger partial charge in [0.25, 0.3) is 0 Å². The number of nitrogens with one attached hydrogen (secondary N) is 1. The molecule has 1 amide bonds. The lowest BCUT2D eigenvalue weighted by molar-refractivity contribution is -0.266. The minimum absolute atomic E-state index is 0.0341. The number of hydrogen-bond donors (Lipinski definition) is 3. The lowest BCUT2D eigenvalue weighted by Gasteiger charge is -2.42. The fourth-order valence-corrected chi connectivity index (χ4v) is 4.15. The maximum atomic E-state index is 12.6. The molecule has 6 atom stereocenters. The molecule has 0 aromatic heterocycles. The fourth-order valence-electron chi connectivity index (χ4n) is 4.15. The van der Waals surface area contributed by atoms with Crippen molar-refractivity contribution in [3.05, 3.63) is 0 Å². The molecule has 1 aliphatic rings. The number of rotatable bonds is 18. The second kappa shape index (κ2) is 17.6. The molecule has 1 rings (SSSR count). The van der Waals surface area contributed by atoms with E-state index >= 15 is 0 Å². The van der Waals surface area contributed by atoms with Gasteiger partial charge in [0.1, 0.15) is 24.4 Å². The zero-order chi connectivity index (χ0) is 24.6. The van der Waals surface area contributed by atoms with Gasteiger partial charge in [-0.15, -0.1) is 0 Å². The van der Waals surface area contributed by atoms with E-state index < -0.39 is 30.6 Å². The topological polar surface area (TPSA) is 106 Å². The third-order valence-electron chi connectivity index (χ3n) is 6.23. The van der Waals surface area contributed by atoms with Crippen LogP contribution in [-0.4, -0.2) is 79.8 Å². The van der Waals surface area contributed by atoms with Gasteiger partial charge in [-0.2, -0.15) is 0 Å². The van der Waals surface area contributed by atoms with E-state index in [0.29, 0.717) is 0 Å². The van der Waals surface area contributed by atoms with Crippen LogP contribution in [0, 0.1) is 0 Å². The average Bonchev–Trinajstić information content (AvgIpc) is 2.79. The number of aliphatic hydroxyl groups excluding tert-OH is 2. The first-order chi connectivity index (χ1) is 15.8. The van der Waals surface area contributed by atoms with Gasteiger partial charge in [0.15, 0.2) is 6.29 Å². The number of carbonyl (C=O) groups excluding carboxylic acids is 1. The zero-order valence-electron chi connectivity index (χ0n) is 21.5. The van der Waals surface area contributed by atoms with Gasteiger partial charge in [0, 0.05) is 14.2 Å². The Bertz CT molecular complexity index is 503. The monoisotopic (exact) mass is 475 g/mol. The summed E-state index contributed by atoms with van der Waals surface area (Å²) >= 11 is 0. The van der Waals surface area contributed by atoms with Gasteiger partial charge in [-0.1, -0.05) is 64.7 Å². The van der Waals surface area contributed by atoms with Crippen molar-refractivity contribution in [2.45, 2.75) is 134 Å². The standard InChI is InChI=1S/C25H49NO7/c1-6-7-8-9-10-11-12-13-14-15-19(30-4)16-21(27)26-22-24(29)23(28)20(17-32-18(2)3)33-25(22)31-5/h18-20,22-25,28-29H,6-17H2,1-5H3,(H,26,27)/t19?,20?,22?,23-,24?,25-/m1/s1. The number of aliphatic hydroxyl groups is 2. The Morgan fingerprint density at radius 3 is 2.12 bits per heavy atom. The molecule has 0 aromatic carbocycles. The van der Waals surface area contributed by atoms with E-state index in [0.717, 1.165) is 19.3 Å². The summed E-state index contributed by atoms with van der Waals surface area (Å²) in [7, 11) is 3.06. The molecule has 33 heavy (non-hydrogen) atoms. The summed E-state index contributed by atoms with van der Waals surface area (Å²) in [5, 5.41) is 23.8. The van der Waals surface area contributed by atoms with Gasteiger partial charge in [-0.25, -0.2) is 0 Å². The van der Waals surface area contributed by atoms with Crippen LogP contribution in [0.1, 0.15) is 91.4 Å². The summed E-state index contributed by atoms with van der Waals surface area (Å²) in [6.07, 6.45) is 7.96. The Kier molecular flexibility index (Phi) is 16.2. The van der Waals surface area contributed by atoms with Crippen LogP contribution in [0.3, 0.4) is 0 Å². The first kappa shape index (κ1) is 30.3. The average molecular weight is 476 g/mol. The molecular formula is C25H49NO7. The molecular weight excluding hydrogens is 426 g/mol. The van der Waals surface area contributed by atoms with Gasteiger partial charge in [-0.05, 0) is 20.3 Å². The molecule has 8 nitrogen and oxygen atoms in total. The molecule has 0 spiro atoms. The number of hydrogen-bond acceptors (Lipinski definition) is 7. The van der Waals surface area contributed by atoms with Crippen molar-refractivity contribution in [3.8, 4) is 0 Å². The second-order valence-corrected chi connectivity index (χ2v) is 9.41. The van der Waals surface area contributed by atoms with Gasteiger partial charge in [-0.3, -0.25) is 4.79 Å². The largest absolute Gasteiger partial charge is 0.388 e. The van der Waals surface area contributed by atoms with Crippen molar-refractivity contribution in [2.24, 2.45) is 0 Å². The molecule has 1 fully saturated rings. The van der Waals surface area contributed by atoms with Crippen molar-refractivity contribution in [1.29, 1.82) is 0 Å². The number of unbranched alkanes of at least 4 members (excludes halogenated alkanes) is 8. The van der Waals surface area contributed by atoms with E-state index in [1.54, 1.807) is 7.11 Å². The highest BCUT2D eigenvalue weighted by molar-refractivity contribution is 5.77. The van der Waals surface area contributed by atoms with E-state index in [2.05, 4.69) is 12.2 Å². The van der Waals surface area contributed by atoms with Gasteiger partial charge < -0.3 is 34.5 Å². The summed E-state index contributed by atoms with van der Waals surface area (Å²) in [6, 6.07) is -0.877. The van der Waals surface area contributed by atoms with Crippen molar-refractivity contribution in [2.75, 3.05) is 20.8 Å². The van der Waals surface area contributed by atoms with Crippen LogP contribution >= 0.6 is 0 Å². The molecule has 4 unspecified atom stereocenters. The first-order valence-corrected chi connectivity index (χ1v) is 12.8. The number of carbonyl (C=O) groups is 1. The second-order valence-electron chi connectivity index (χ2n) is 9.41. The van der Waals surface area contributed by atoms with E-state index in [-0.39, 0.29) is 31.1 Å². The Balaban J connectivity index is 2.39. The van der Waals surface area contributed by atoms with Crippen LogP contribution in [0.4, 0.5) is 0 Å². The van der Waals surface area contributed by atoms with Crippen molar-refractivity contribution in [1.82, 2.24) is 5.32 Å². The predicted octanol–water partition coefficient (Wildman–Crippen LogP) is 3.32. The van der Waals surface area contributed by atoms with Crippen molar-refractivity contribution >= 4 is 5.91 Å². The van der Waals surface area contributed by atoms with Crippen LogP contribution in [-0.2, 0) is 23.7 Å². The first-order valence-electron chi connectivity index (χ1n) is 12.8. The lowest BCUT2D eigenvalue weighted by Crippen LogP contribution is -2.64. The van der Waals surface area contributed by atoms with Crippen LogP contribution in [0.15, 0.2) is 0 Å². The molecule has 3 N–H and O–H groups in total. The molecule has 196 valence electrons. The molecule has 1 aliphatic heterocycles. The van der Waals surface area contributed by atoms with Crippen LogP contribution in [0.25, 0.3) is 0 Å². The van der Waals surface area contributed by atoms with E-state index in [1.165, 1.54) is 52.1 Å². The smallest absolute Gasteiger partial charge is 0.223 e. The summed E-state index contributed by atoms with van der Waals surface area (Å²) < 4.78 is 22.1. The molecule has 0 saturated carbocycles. The van der Waals surface area contributed by atoms with Crippen molar-refractivity contribution < 1.29 is 34.0 Å². The third kappa shape index (κ3) is 12.0. The van der Waals surface area contributed by atoms with E-state index in [4.69, 9.17) is 18.9 Å². The number of amides is 1. The molecule has 1 heterocycles. The van der Waals surface area contributed by atoms with Crippen molar-refractivity contribution in [3.63, 3.8) is 0 Å². The molecule has 0 aliphatic carbocycles. The SMILES string of the molecule is CCCCCCCCCCCC(CC(=O)NC1C(O)[C@H](O)C(COC(C)C)O[C@H]1OC)OC. The quantitative estimate of drug-likeness (QED) is 0.261. The molecule has 8 heteroatoms. The van der Waals surface area contributed by atoms with Gasteiger partial charge in [0.05, 0.1) is 25.2 Å². The Labute approximate surface area is 200 Å². The van der Waals surface area contributed by atoms with E-state index in [9.17, 15) is 15.0 Å². The Hall–Kier alpha value is -0.770. The molecule has 0 radical (unpaired) electrons. The normalized spacial score (nSPS) is 26.5. The summed E-state index contributed by atoms with van der Waals surface area (Å²) in [4.78, 5) is 12.6. The van der Waals surface area contributed by atoms with Crippen LogP contribution in [0.5, 0.6) is 0 Å². The fraction of sp³-hybridized carbons (Fsp3) is 0.960. The molecule has 0 aromatic rings. The minimum atomic E-state index is -1.23. The summed E-state index contributed by atoms with van der Waals surface area (Å²) in [5.74, 6) is -0.267. The van der Waals surface area contributed by atoms with Crippen LogP contribution < -0.4 is 5.32 Å². The molecule has 0 bridgehead atoms. The highest BCUT2D eigenvalue weighted by Crippen LogP contribution is 2.23. The van der Waals surface area contributed by atoms with E-state index in [1.807, 2.05) is 13.8 Å². The third-order valence-corrected chi connectivity index (χ3v) is 6.23. The van der Waals surface area contributed by atoms with Crippen LogP contribution in [0.2, 0.25) is 0 Å². The molecule has 1 saturated heterocycles. The summed E-state index contributed by atoms with van der Waals surface area (Å²) in [6.45, 7) is 6.12. The maximum Gasteiger partial charge on any atom is 0.223 e. The Morgan fingerprint density at radius 2 is 1.58 bits per heavy atom. The lowest BCUT2D eigenvalue weighted by atomic mass is 9.96. The predicted molar refractivity (Wildman–Crippen MR) is 128 cm³/mol. The maximum absolute atomic E-state index is 12.6. The zero-order valence-corrected chi connectivity index (χ0v) is 21.5. The highest BCUT2D eigenvalue weighted by atomic mass is 16.7. The Morgan fingerprint density at radius 1 is 0.970 bits per heavy atom. The van der Waals surface area contributed by atoms with Gasteiger partial charge in [0.2, 0.25) is 5.91 Å². The number of methoxy groups -OCH3 is 2. The number of ether oxygens (including phenoxy) is 4. The highest BCUT2D eigenvalue weighted by Gasteiger charge is 2.45. The summed E-state index contributed by atoms with van der Waals surface area (Å²) in [5.41, 5.74) is 0. The minimum Gasteiger partial charge on any atom is -0.388 e. The van der Waals surface area contributed by atoms with Gasteiger partial charge >= 0.3 is 0 Å².